The minimum absolute atomic E-state index is 0.00113. The standard InChI is InChI=1S/C22H26N2O2S/c1-15-3-7-17(8-4-15)21(25)23-19-11-13-20(14-12-19)27-24-22(26)18-9-5-16(2)6-10-18/h3-10,19-20H,11-14H2,1-2H3,(H,23,25)(H,24,26). The Kier molecular flexibility index (Phi) is 6.56. The third-order valence-corrected chi connectivity index (χ3v) is 6.06. The maximum Gasteiger partial charge on any atom is 0.261 e. The van der Waals surface area contributed by atoms with Gasteiger partial charge in [0.25, 0.3) is 11.8 Å². The Bertz CT molecular complexity index is 779. The first kappa shape index (κ1) is 19.5. The molecule has 0 aromatic heterocycles. The zero-order valence-electron chi connectivity index (χ0n) is 15.8. The van der Waals surface area contributed by atoms with Crippen LogP contribution in [0.5, 0.6) is 0 Å². The zero-order valence-corrected chi connectivity index (χ0v) is 16.6. The van der Waals surface area contributed by atoms with Crippen LogP contribution in [0.2, 0.25) is 0 Å². The van der Waals surface area contributed by atoms with Gasteiger partial charge in [-0.15, -0.1) is 0 Å². The molecule has 1 aliphatic carbocycles. The fraction of sp³-hybridized carbons (Fsp3) is 0.364. The van der Waals surface area contributed by atoms with Gasteiger partial charge in [0.1, 0.15) is 0 Å². The average molecular weight is 383 g/mol. The van der Waals surface area contributed by atoms with Gasteiger partial charge in [-0.05, 0) is 75.7 Å². The highest BCUT2D eigenvalue weighted by Gasteiger charge is 2.24. The van der Waals surface area contributed by atoms with E-state index in [1.165, 1.54) is 11.9 Å². The molecule has 2 amide bonds. The van der Waals surface area contributed by atoms with Crippen LogP contribution >= 0.6 is 11.9 Å². The van der Waals surface area contributed by atoms with Crippen LogP contribution in [0.15, 0.2) is 48.5 Å². The molecule has 142 valence electrons. The largest absolute Gasteiger partial charge is 0.349 e. The van der Waals surface area contributed by atoms with Crippen LogP contribution in [0.4, 0.5) is 0 Å². The Morgan fingerprint density at radius 3 is 1.78 bits per heavy atom. The van der Waals surface area contributed by atoms with E-state index in [2.05, 4.69) is 10.0 Å². The molecule has 0 saturated heterocycles. The molecule has 0 unspecified atom stereocenters. The van der Waals surface area contributed by atoms with Gasteiger partial charge in [-0.2, -0.15) is 0 Å². The van der Waals surface area contributed by atoms with Crippen molar-refractivity contribution in [2.24, 2.45) is 0 Å². The highest BCUT2D eigenvalue weighted by molar-refractivity contribution is 7.98. The topological polar surface area (TPSA) is 58.2 Å². The van der Waals surface area contributed by atoms with Crippen LogP contribution in [-0.2, 0) is 0 Å². The number of benzene rings is 2. The molecule has 0 aliphatic heterocycles. The number of nitrogens with one attached hydrogen (secondary N) is 2. The molecule has 1 saturated carbocycles. The van der Waals surface area contributed by atoms with E-state index < -0.39 is 0 Å². The second kappa shape index (κ2) is 9.09. The maximum absolute atomic E-state index is 12.3. The highest BCUT2D eigenvalue weighted by atomic mass is 32.2. The van der Waals surface area contributed by atoms with Gasteiger partial charge in [0.2, 0.25) is 0 Å². The molecule has 2 aromatic rings. The van der Waals surface area contributed by atoms with E-state index in [1.807, 2.05) is 62.4 Å². The minimum Gasteiger partial charge on any atom is -0.349 e. The SMILES string of the molecule is Cc1ccc(C(=O)NSC2CCC(NC(=O)c3ccc(C)cc3)CC2)cc1. The third-order valence-electron chi connectivity index (χ3n) is 4.96. The van der Waals surface area contributed by atoms with Gasteiger partial charge in [-0.25, -0.2) is 0 Å². The number of carbonyl (C=O) groups excluding carboxylic acids is 2. The lowest BCUT2D eigenvalue weighted by atomic mass is 9.94. The fourth-order valence-electron chi connectivity index (χ4n) is 3.20. The molecule has 2 N–H and O–H groups in total. The van der Waals surface area contributed by atoms with Gasteiger partial charge in [0.05, 0.1) is 0 Å². The Labute approximate surface area is 165 Å². The Hall–Kier alpha value is -2.27. The molecular formula is C22H26N2O2S. The number of rotatable bonds is 5. The molecule has 1 aliphatic rings. The highest BCUT2D eigenvalue weighted by Crippen LogP contribution is 2.27. The molecule has 27 heavy (non-hydrogen) atoms. The number of hydrogen-bond acceptors (Lipinski definition) is 3. The fourth-order valence-corrected chi connectivity index (χ4v) is 4.10. The molecule has 0 atom stereocenters. The molecule has 2 aromatic carbocycles. The van der Waals surface area contributed by atoms with Crippen LogP contribution in [0.1, 0.15) is 57.5 Å². The van der Waals surface area contributed by atoms with Gasteiger partial charge >= 0.3 is 0 Å². The van der Waals surface area contributed by atoms with E-state index in [0.29, 0.717) is 16.4 Å². The number of aryl methyl sites for hydroxylation is 2. The van der Waals surface area contributed by atoms with Gasteiger partial charge in [-0.3, -0.25) is 14.3 Å². The summed E-state index contributed by atoms with van der Waals surface area (Å²) in [5.41, 5.74) is 3.69. The summed E-state index contributed by atoms with van der Waals surface area (Å²) < 4.78 is 2.97. The van der Waals surface area contributed by atoms with Crippen LogP contribution in [-0.4, -0.2) is 23.1 Å². The summed E-state index contributed by atoms with van der Waals surface area (Å²) in [7, 11) is 0. The summed E-state index contributed by atoms with van der Waals surface area (Å²) in [5.74, 6) is -0.0476. The molecule has 5 heteroatoms. The van der Waals surface area contributed by atoms with E-state index in [0.717, 1.165) is 36.8 Å². The van der Waals surface area contributed by atoms with E-state index in [-0.39, 0.29) is 17.9 Å². The lowest BCUT2D eigenvalue weighted by molar-refractivity contribution is 0.0927. The Balaban J connectivity index is 1.41. The van der Waals surface area contributed by atoms with Crippen molar-refractivity contribution in [1.82, 2.24) is 10.0 Å². The van der Waals surface area contributed by atoms with Crippen molar-refractivity contribution < 1.29 is 9.59 Å². The predicted molar refractivity (Wildman–Crippen MR) is 111 cm³/mol. The Morgan fingerprint density at radius 2 is 1.26 bits per heavy atom. The van der Waals surface area contributed by atoms with Gasteiger partial charge in [0, 0.05) is 22.4 Å². The molecule has 1 fully saturated rings. The van der Waals surface area contributed by atoms with E-state index in [9.17, 15) is 9.59 Å². The van der Waals surface area contributed by atoms with Crippen LogP contribution in [0, 0.1) is 13.8 Å². The van der Waals surface area contributed by atoms with Gasteiger partial charge in [0.15, 0.2) is 0 Å². The lowest BCUT2D eigenvalue weighted by Crippen LogP contribution is -2.38. The van der Waals surface area contributed by atoms with Crippen molar-refractivity contribution in [3.63, 3.8) is 0 Å². The van der Waals surface area contributed by atoms with Crippen LogP contribution < -0.4 is 10.0 Å². The summed E-state index contributed by atoms with van der Waals surface area (Å²) in [4.78, 5) is 24.5. The van der Waals surface area contributed by atoms with Crippen molar-refractivity contribution in [2.45, 2.75) is 50.8 Å². The Morgan fingerprint density at radius 1 is 0.778 bits per heavy atom. The zero-order chi connectivity index (χ0) is 19.2. The minimum atomic E-state index is -0.0465. The van der Waals surface area contributed by atoms with Crippen LogP contribution in [0.25, 0.3) is 0 Å². The quantitative estimate of drug-likeness (QED) is 0.753. The number of hydrogen-bond donors (Lipinski definition) is 2. The van der Waals surface area contributed by atoms with E-state index >= 15 is 0 Å². The summed E-state index contributed by atoms with van der Waals surface area (Å²) in [6, 6.07) is 15.5. The lowest BCUT2D eigenvalue weighted by Gasteiger charge is -2.28. The first-order valence-electron chi connectivity index (χ1n) is 9.41. The summed E-state index contributed by atoms with van der Waals surface area (Å²) in [6.07, 6.45) is 3.85. The van der Waals surface area contributed by atoms with Crippen molar-refractivity contribution in [1.29, 1.82) is 0 Å². The van der Waals surface area contributed by atoms with Gasteiger partial charge in [-0.1, -0.05) is 35.4 Å². The first-order valence-corrected chi connectivity index (χ1v) is 10.3. The molecule has 0 bridgehead atoms. The van der Waals surface area contributed by atoms with Crippen molar-refractivity contribution in [3.05, 3.63) is 70.8 Å². The van der Waals surface area contributed by atoms with Gasteiger partial charge < -0.3 is 5.32 Å². The summed E-state index contributed by atoms with van der Waals surface area (Å²) >= 11 is 1.51. The second-order valence-corrected chi connectivity index (χ2v) is 8.33. The smallest absolute Gasteiger partial charge is 0.261 e. The average Bonchev–Trinajstić information content (AvgIpc) is 2.68. The number of amides is 2. The predicted octanol–water partition coefficient (Wildman–Crippen LogP) is 4.42. The molecule has 4 nitrogen and oxygen atoms in total. The molecular weight excluding hydrogens is 356 g/mol. The van der Waals surface area contributed by atoms with Crippen molar-refractivity contribution in [2.75, 3.05) is 0 Å². The van der Waals surface area contributed by atoms with Crippen LogP contribution in [0.3, 0.4) is 0 Å². The molecule has 0 radical (unpaired) electrons. The molecule has 0 spiro atoms. The monoisotopic (exact) mass is 382 g/mol. The maximum atomic E-state index is 12.3. The normalized spacial score (nSPS) is 19.3. The molecule has 0 heterocycles. The third kappa shape index (κ3) is 5.60. The van der Waals surface area contributed by atoms with E-state index in [4.69, 9.17) is 0 Å². The first-order chi connectivity index (χ1) is 13.0. The summed E-state index contributed by atoms with van der Waals surface area (Å²) in [5, 5.41) is 3.53. The second-order valence-electron chi connectivity index (χ2n) is 7.23. The molecule has 3 rings (SSSR count). The van der Waals surface area contributed by atoms with Crippen molar-refractivity contribution in [3.8, 4) is 0 Å². The van der Waals surface area contributed by atoms with Crippen molar-refractivity contribution >= 4 is 23.8 Å². The number of carbonyl (C=O) groups is 2. The van der Waals surface area contributed by atoms with E-state index in [1.54, 1.807) is 0 Å². The summed E-state index contributed by atoms with van der Waals surface area (Å²) in [6.45, 7) is 4.02.